The third-order valence-electron chi connectivity index (χ3n) is 3.98. The Labute approximate surface area is 129 Å². The highest BCUT2D eigenvalue weighted by Crippen LogP contribution is 2.19. The topological polar surface area (TPSA) is 43.3 Å². The van der Waals surface area contributed by atoms with Crippen LogP contribution in [0.4, 0.5) is 4.39 Å². The Morgan fingerprint density at radius 2 is 1.86 bits per heavy atom. The van der Waals surface area contributed by atoms with E-state index in [9.17, 15) is 4.39 Å². The molecular weight excluding hydrogens is 277 g/mol. The molecule has 0 aliphatic carbocycles. The lowest BCUT2D eigenvalue weighted by Crippen LogP contribution is -2.05. The molecule has 3 rings (SSSR count). The molecule has 3 nitrogen and oxygen atoms in total. The van der Waals surface area contributed by atoms with Crippen LogP contribution in [0.15, 0.2) is 42.6 Å². The molecule has 0 spiro atoms. The number of imidazole rings is 1. The van der Waals surface area contributed by atoms with E-state index in [0.29, 0.717) is 18.9 Å². The highest BCUT2D eigenvalue weighted by Gasteiger charge is 2.12. The summed E-state index contributed by atoms with van der Waals surface area (Å²) < 4.78 is 15.2. The van der Waals surface area contributed by atoms with Crippen molar-refractivity contribution in [3.05, 3.63) is 70.9 Å². The molecule has 114 valence electrons. The highest BCUT2D eigenvalue weighted by atomic mass is 19.1. The first-order valence-corrected chi connectivity index (χ1v) is 7.52. The molecule has 3 aromatic rings. The molecule has 2 aromatic heterocycles. The van der Waals surface area contributed by atoms with Crippen molar-refractivity contribution in [2.45, 2.75) is 32.7 Å². The zero-order valence-corrected chi connectivity index (χ0v) is 12.9. The summed E-state index contributed by atoms with van der Waals surface area (Å²) in [5.41, 5.74) is 10.9. The van der Waals surface area contributed by atoms with Crippen molar-refractivity contribution in [1.29, 1.82) is 0 Å². The third kappa shape index (κ3) is 2.74. The smallest absolute Gasteiger partial charge is 0.139 e. The molecule has 4 heteroatoms. The average Bonchev–Trinajstić information content (AvgIpc) is 2.84. The molecule has 22 heavy (non-hydrogen) atoms. The summed E-state index contributed by atoms with van der Waals surface area (Å²) in [6.07, 6.45) is 2.14. The third-order valence-corrected chi connectivity index (χ3v) is 3.98. The van der Waals surface area contributed by atoms with Crippen LogP contribution in [0.25, 0.3) is 5.65 Å². The lowest BCUT2D eigenvalue weighted by atomic mass is 10.00. The second-order valence-electron chi connectivity index (χ2n) is 5.86. The van der Waals surface area contributed by atoms with Crippen LogP contribution in [0.2, 0.25) is 0 Å². The van der Waals surface area contributed by atoms with Crippen molar-refractivity contribution in [3.8, 4) is 0 Å². The number of halogens is 1. The second kappa shape index (κ2) is 5.89. The van der Waals surface area contributed by atoms with E-state index in [1.807, 2.05) is 0 Å². The fourth-order valence-electron chi connectivity index (χ4n) is 2.69. The number of hydrogen-bond acceptors (Lipinski definition) is 2. The lowest BCUT2D eigenvalue weighted by Gasteiger charge is -2.07. The zero-order chi connectivity index (χ0) is 15.7. The Kier molecular flexibility index (Phi) is 3.94. The minimum Gasteiger partial charge on any atom is -0.325 e. The van der Waals surface area contributed by atoms with Gasteiger partial charge in [0.1, 0.15) is 11.5 Å². The fraction of sp³-hybridized carbons (Fsp3) is 0.278. The van der Waals surface area contributed by atoms with E-state index in [-0.39, 0.29) is 5.82 Å². The van der Waals surface area contributed by atoms with Crippen molar-refractivity contribution in [2.75, 3.05) is 0 Å². The van der Waals surface area contributed by atoms with Gasteiger partial charge in [0.2, 0.25) is 0 Å². The van der Waals surface area contributed by atoms with Crippen molar-refractivity contribution in [3.63, 3.8) is 0 Å². The zero-order valence-electron chi connectivity index (χ0n) is 12.9. The van der Waals surface area contributed by atoms with Gasteiger partial charge in [-0.2, -0.15) is 0 Å². The van der Waals surface area contributed by atoms with Gasteiger partial charge in [-0.1, -0.05) is 38.1 Å². The van der Waals surface area contributed by atoms with Gasteiger partial charge in [-0.25, -0.2) is 9.37 Å². The molecule has 0 fully saturated rings. The maximum absolute atomic E-state index is 13.4. The van der Waals surface area contributed by atoms with Gasteiger partial charge in [-0.15, -0.1) is 0 Å². The Hall–Kier alpha value is -2.20. The summed E-state index contributed by atoms with van der Waals surface area (Å²) in [6, 6.07) is 11.7. The molecule has 0 atom stereocenters. The molecule has 2 heterocycles. The van der Waals surface area contributed by atoms with Crippen molar-refractivity contribution in [2.24, 2.45) is 5.73 Å². The van der Waals surface area contributed by atoms with Crippen LogP contribution in [0.1, 0.15) is 42.3 Å². The fourth-order valence-corrected chi connectivity index (χ4v) is 2.69. The van der Waals surface area contributed by atoms with E-state index >= 15 is 0 Å². The molecule has 0 unspecified atom stereocenters. The number of nitrogens with zero attached hydrogens (tertiary/aromatic N) is 2. The predicted molar refractivity (Wildman–Crippen MR) is 86.4 cm³/mol. The number of hydrogen-bond donors (Lipinski definition) is 1. The van der Waals surface area contributed by atoms with Crippen LogP contribution in [0.3, 0.4) is 0 Å². The molecule has 0 aliphatic heterocycles. The van der Waals surface area contributed by atoms with Gasteiger partial charge in [-0.05, 0) is 29.2 Å². The highest BCUT2D eigenvalue weighted by molar-refractivity contribution is 5.44. The van der Waals surface area contributed by atoms with Gasteiger partial charge in [0, 0.05) is 19.2 Å². The first-order chi connectivity index (χ1) is 10.6. The van der Waals surface area contributed by atoms with Crippen LogP contribution >= 0.6 is 0 Å². The van der Waals surface area contributed by atoms with Crippen molar-refractivity contribution in [1.82, 2.24) is 9.38 Å². The van der Waals surface area contributed by atoms with E-state index in [0.717, 1.165) is 17.0 Å². The molecule has 1 aromatic carbocycles. The van der Waals surface area contributed by atoms with Gasteiger partial charge < -0.3 is 5.73 Å². The predicted octanol–water partition coefficient (Wildman–Crippen LogP) is 3.65. The largest absolute Gasteiger partial charge is 0.325 e. The number of nitrogens with two attached hydrogens (primary N) is 1. The summed E-state index contributed by atoms with van der Waals surface area (Å²) in [4.78, 5) is 4.59. The quantitative estimate of drug-likeness (QED) is 0.799. The van der Waals surface area contributed by atoms with Gasteiger partial charge in [0.05, 0.1) is 11.4 Å². The second-order valence-corrected chi connectivity index (χ2v) is 5.86. The van der Waals surface area contributed by atoms with Gasteiger partial charge in [0.25, 0.3) is 0 Å². The normalized spacial score (nSPS) is 11.5. The summed E-state index contributed by atoms with van der Waals surface area (Å²) in [5, 5.41) is 0. The summed E-state index contributed by atoms with van der Waals surface area (Å²) in [7, 11) is 0. The molecule has 0 saturated heterocycles. The number of pyridine rings is 1. The van der Waals surface area contributed by atoms with Crippen molar-refractivity contribution >= 4 is 5.65 Å². The van der Waals surface area contributed by atoms with Crippen molar-refractivity contribution < 1.29 is 4.39 Å². The van der Waals surface area contributed by atoms with E-state index in [4.69, 9.17) is 5.73 Å². The van der Waals surface area contributed by atoms with Crippen LogP contribution in [-0.2, 0) is 13.0 Å². The molecule has 0 aliphatic rings. The Balaban J connectivity index is 1.96. The Morgan fingerprint density at radius 1 is 1.14 bits per heavy atom. The van der Waals surface area contributed by atoms with Crippen LogP contribution in [-0.4, -0.2) is 9.38 Å². The van der Waals surface area contributed by atoms with Gasteiger partial charge in [0.15, 0.2) is 0 Å². The maximum atomic E-state index is 13.4. The molecule has 2 N–H and O–H groups in total. The number of benzene rings is 1. The summed E-state index contributed by atoms with van der Waals surface area (Å²) in [6.45, 7) is 4.69. The van der Waals surface area contributed by atoms with Gasteiger partial charge in [-0.3, -0.25) is 4.40 Å². The molecule has 0 saturated carbocycles. The Morgan fingerprint density at radius 3 is 2.50 bits per heavy atom. The molecule has 0 radical (unpaired) electrons. The number of aromatic nitrogens is 2. The standard InChI is InChI=1S/C18H20FN3/c1-12(2)14-5-3-13(4-6-14)9-16-17(10-20)22-11-15(19)7-8-18(22)21-16/h3-8,11-12H,9-10,20H2,1-2H3. The van der Waals surface area contributed by atoms with E-state index < -0.39 is 0 Å². The minimum atomic E-state index is -0.285. The lowest BCUT2D eigenvalue weighted by molar-refractivity contribution is 0.617. The molecule has 0 bridgehead atoms. The van der Waals surface area contributed by atoms with Crippen LogP contribution < -0.4 is 5.73 Å². The molecule has 0 amide bonds. The first kappa shape index (κ1) is 14.7. The van der Waals surface area contributed by atoms with E-state index in [2.05, 4.69) is 43.1 Å². The molecular formula is C18H20FN3. The minimum absolute atomic E-state index is 0.285. The van der Waals surface area contributed by atoms with Gasteiger partial charge >= 0.3 is 0 Å². The van der Waals surface area contributed by atoms with Crippen LogP contribution in [0, 0.1) is 5.82 Å². The monoisotopic (exact) mass is 297 g/mol. The van der Waals surface area contributed by atoms with E-state index in [1.54, 1.807) is 10.5 Å². The first-order valence-electron chi connectivity index (χ1n) is 7.52. The summed E-state index contributed by atoms with van der Waals surface area (Å²) in [5.74, 6) is 0.235. The number of fused-ring (bicyclic) bond motifs is 1. The number of rotatable bonds is 4. The maximum Gasteiger partial charge on any atom is 0.139 e. The van der Waals surface area contributed by atoms with E-state index in [1.165, 1.54) is 23.4 Å². The van der Waals surface area contributed by atoms with Crippen LogP contribution in [0.5, 0.6) is 0 Å². The SMILES string of the molecule is CC(C)c1ccc(Cc2nc3ccc(F)cn3c2CN)cc1. The average molecular weight is 297 g/mol. The Bertz CT molecular complexity index is 788. The summed E-state index contributed by atoms with van der Waals surface area (Å²) >= 11 is 0.